The first-order valence-electron chi connectivity index (χ1n) is 10.4. The fourth-order valence-electron chi connectivity index (χ4n) is 3.65. The topological polar surface area (TPSA) is 58.1 Å². The normalized spacial score (nSPS) is 14.5. The van der Waals surface area contributed by atoms with Gasteiger partial charge in [0.05, 0.1) is 0 Å². The van der Waals surface area contributed by atoms with E-state index in [0.717, 1.165) is 41.7 Å². The smallest absolute Gasteiger partial charge is 0.223 e. The summed E-state index contributed by atoms with van der Waals surface area (Å²) in [6.45, 7) is 3.75. The molecule has 1 aliphatic rings. The Morgan fingerprint density at radius 1 is 1.10 bits per heavy atom. The van der Waals surface area contributed by atoms with Crippen molar-refractivity contribution in [3.8, 4) is 0 Å². The Labute approximate surface area is 186 Å². The molecule has 1 fully saturated rings. The van der Waals surface area contributed by atoms with Crippen LogP contribution in [-0.2, 0) is 11.3 Å². The lowest BCUT2D eigenvalue weighted by Gasteiger charge is -2.32. The summed E-state index contributed by atoms with van der Waals surface area (Å²) in [6, 6.07) is 14.9. The van der Waals surface area contributed by atoms with Gasteiger partial charge >= 0.3 is 0 Å². The van der Waals surface area contributed by atoms with Crippen LogP contribution in [0.25, 0.3) is 0 Å². The van der Waals surface area contributed by atoms with Gasteiger partial charge in [0.2, 0.25) is 5.91 Å². The summed E-state index contributed by atoms with van der Waals surface area (Å²) < 4.78 is 13.8. The predicted molar refractivity (Wildman–Crippen MR) is 121 cm³/mol. The lowest BCUT2D eigenvalue weighted by molar-refractivity contribution is -0.125. The van der Waals surface area contributed by atoms with Crippen LogP contribution >= 0.6 is 11.8 Å². The van der Waals surface area contributed by atoms with E-state index < -0.39 is 0 Å². The van der Waals surface area contributed by atoms with Gasteiger partial charge < -0.3 is 10.2 Å². The van der Waals surface area contributed by atoms with Gasteiger partial charge in [-0.25, -0.2) is 14.4 Å². The maximum Gasteiger partial charge on any atom is 0.223 e. The van der Waals surface area contributed by atoms with Crippen LogP contribution in [0.4, 0.5) is 10.2 Å². The maximum absolute atomic E-state index is 13.8. The molecule has 31 heavy (non-hydrogen) atoms. The molecule has 2 heterocycles. The lowest BCUT2D eigenvalue weighted by atomic mass is 9.96. The first-order valence-corrected chi connectivity index (χ1v) is 11.2. The Morgan fingerprint density at radius 2 is 1.81 bits per heavy atom. The van der Waals surface area contributed by atoms with Crippen molar-refractivity contribution in [3.63, 3.8) is 0 Å². The van der Waals surface area contributed by atoms with Crippen molar-refractivity contribution in [2.24, 2.45) is 5.92 Å². The highest BCUT2D eigenvalue weighted by atomic mass is 32.2. The summed E-state index contributed by atoms with van der Waals surface area (Å²) in [5.41, 5.74) is 1.73. The molecule has 2 aromatic carbocycles. The number of halogens is 1. The number of benzene rings is 2. The van der Waals surface area contributed by atoms with Crippen LogP contribution in [0.2, 0.25) is 0 Å². The Bertz CT molecular complexity index is 1040. The number of piperidine rings is 1. The number of nitrogens with zero attached hydrogens (tertiary/aromatic N) is 3. The summed E-state index contributed by atoms with van der Waals surface area (Å²) in [5.74, 6) is 0.473. The van der Waals surface area contributed by atoms with E-state index in [-0.39, 0.29) is 24.2 Å². The predicted octanol–water partition coefficient (Wildman–Crippen LogP) is 4.61. The fourth-order valence-corrected chi connectivity index (χ4v) is 4.53. The van der Waals surface area contributed by atoms with E-state index in [1.54, 1.807) is 42.4 Å². The zero-order valence-electron chi connectivity index (χ0n) is 17.4. The molecule has 0 saturated carbocycles. The molecule has 0 bridgehead atoms. The molecule has 7 heteroatoms. The van der Waals surface area contributed by atoms with E-state index in [4.69, 9.17) is 0 Å². The van der Waals surface area contributed by atoms with E-state index in [1.807, 2.05) is 0 Å². The van der Waals surface area contributed by atoms with Crippen molar-refractivity contribution in [2.45, 2.75) is 36.2 Å². The Morgan fingerprint density at radius 3 is 2.55 bits per heavy atom. The van der Waals surface area contributed by atoms with Crippen molar-refractivity contribution >= 4 is 23.5 Å². The van der Waals surface area contributed by atoms with Crippen molar-refractivity contribution in [1.82, 2.24) is 15.3 Å². The average molecular weight is 437 g/mol. The zero-order valence-corrected chi connectivity index (χ0v) is 18.2. The van der Waals surface area contributed by atoms with Gasteiger partial charge in [-0.15, -0.1) is 0 Å². The van der Waals surface area contributed by atoms with Crippen LogP contribution in [0.1, 0.15) is 24.0 Å². The van der Waals surface area contributed by atoms with Crippen LogP contribution in [0.15, 0.2) is 70.8 Å². The van der Waals surface area contributed by atoms with Gasteiger partial charge in [0.25, 0.3) is 0 Å². The standard InChI is InChI=1S/C24H25FN4OS/c1-17-6-8-20(9-7-17)31-24-22(26-12-13-27-24)29-14-10-18(11-15-29)23(30)28-16-19-4-2-3-5-21(19)25/h2-9,12-13,18H,10-11,14-16H2,1H3,(H,28,30). The average Bonchev–Trinajstić information content (AvgIpc) is 2.80. The van der Waals surface area contributed by atoms with Gasteiger partial charge in [0.1, 0.15) is 10.8 Å². The van der Waals surface area contributed by atoms with Crippen LogP contribution in [0, 0.1) is 18.7 Å². The molecule has 5 nitrogen and oxygen atoms in total. The molecule has 3 aromatic rings. The molecule has 1 aliphatic heterocycles. The van der Waals surface area contributed by atoms with Crippen LogP contribution in [0.3, 0.4) is 0 Å². The highest BCUT2D eigenvalue weighted by Crippen LogP contribution is 2.34. The number of carbonyl (C=O) groups is 1. The number of rotatable bonds is 6. The number of anilines is 1. The molecule has 0 unspecified atom stereocenters. The van der Waals surface area contributed by atoms with E-state index in [1.165, 1.54) is 11.6 Å². The third kappa shape index (κ3) is 5.41. The number of hydrogen-bond donors (Lipinski definition) is 1. The minimum absolute atomic E-state index is 0.0173. The third-order valence-electron chi connectivity index (χ3n) is 5.46. The van der Waals surface area contributed by atoms with E-state index in [9.17, 15) is 9.18 Å². The monoisotopic (exact) mass is 436 g/mol. The SMILES string of the molecule is Cc1ccc(Sc2nccnc2N2CCC(C(=O)NCc3ccccc3F)CC2)cc1. The minimum atomic E-state index is -0.293. The molecule has 0 atom stereocenters. The molecule has 0 radical (unpaired) electrons. The van der Waals surface area contributed by atoms with E-state index in [0.29, 0.717) is 5.56 Å². The highest BCUT2D eigenvalue weighted by molar-refractivity contribution is 7.99. The first kappa shape index (κ1) is 21.3. The van der Waals surface area contributed by atoms with Crippen LogP contribution in [0.5, 0.6) is 0 Å². The Hall–Kier alpha value is -2.93. The second kappa shape index (κ2) is 9.92. The molecule has 160 valence electrons. The van der Waals surface area contributed by atoms with Gasteiger partial charge in [-0.2, -0.15) is 0 Å². The molecule has 0 spiro atoms. The second-order valence-corrected chi connectivity index (χ2v) is 8.73. The number of hydrogen-bond acceptors (Lipinski definition) is 5. The number of amides is 1. The Balaban J connectivity index is 1.35. The largest absolute Gasteiger partial charge is 0.354 e. The quantitative estimate of drug-likeness (QED) is 0.612. The molecule has 4 rings (SSSR count). The number of nitrogens with one attached hydrogen (secondary N) is 1. The Kier molecular flexibility index (Phi) is 6.82. The third-order valence-corrected chi connectivity index (χ3v) is 6.45. The summed E-state index contributed by atoms with van der Waals surface area (Å²) in [6.07, 6.45) is 4.88. The van der Waals surface area contributed by atoms with Crippen molar-refractivity contribution < 1.29 is 9.18 Å². The van der Waals surface area contributed by atoms with Crippen LogP contribution < -0.4 is 10.2 Å². The second-order valence-electron chi connectivity index (χ2n) is 7.67. The summed E-state index contributed by atoms with van der Waals surface area (Å²) in [5, 5.41) is 3.75. The summed E-state index contributed by atoms with van der Waals surface area (Å²) >= 11 is 1.60. The minimum Gasteiger partial charge on any atom is -0.354 e. The van der Waals surface area contributed by atoms with Gasteiger partial charge in [0.15, 0.2) is 5.82 Å². The fraction of sp³-hybridized carbons (Fsp3) is 0.292. The van der Waals surface area contributed by atoms with Crippen molar-refractivity contribution in [1.29, 1.82) is 0 Å². The van der Waals surface area contributed by atoms with Gasteiger partial charge in [-0.1, -0.05) is 47.7 Å². The maximum atomic E-state index is 13.8. The number of aromatic nitrogens is 2. The van der Waals surface area contributed by atoms with Crippen molar-refractivity contribution in [3.05, 3.63) is 77.9 Å². The first-order chi connectivity index (χ1) is 15.1. The van der Waals surface area contributed by atoms with Gasteiger partial charge in [-0.05, 0) is 38.0 Å². The molecule has 1 aromatic heterocycles. The molecular weight excluding hydrogens is 411 g/mol. The molecule has 1 saturated heterocycles. The van der Waals surface area contributed by atoms with Gasteiger partial charge in [-0.3, -0.25) is 4.79 Å². The molecule has 1 N–H and O–H groups in total. The summed E-state index contributed by atoms with van der Waals surface area (Å²) in [7, 11) is 0. The lowest BCUT2D eigenvalue weighted by Crippen LogP contribution is -2.41. The van der Waals surface area contributed by atoms with E-state index >= 15 is 0 Å². The highest BCUT2D eigenvalue weighted by Gasteiger charge is 2.27. The zero-order chi connectivity index (χ0) is 21.6. The number of aryl methyl sites for hydroxylation is 1. The molecule has 0 aliphatic carbocycles. The van der Waals surface area contributed by atoms with E-state index in [2.05, 4.69) is 51.4 Å². The molecular formula is C24H25FN4OS. The van der Waals surface area contributed by atoms with Crippen LogP contribution in [-0.4, -0.2) is 29.0 Å². The van der Waals surface area contributed by atoms with Gasteiger partial charge in [0, 0.05) is 48.4 Å². The molecule has 1 amide bonds. The van der Waals surface area contributed by atoms with Crippen molar-refractivity contribution in [2.75, 3.05) is 18.0 Å². The number of carbonyl (C=O) groups excluding carboxylic acids is 1. The summed E-state index contributed by atoms with van der Waals surface area (Å²) in [4.78, 5) is 25.0.